The van der Waals surface area contributed by atoms with Crippen molar-refractivity contribution in [2.24, 2.45) is 23.3 Å². The van der Waals surface area contributed by atoms with Gasteiger partial charge in [-0.05, 0) is 48.4 Å². The summed E-state index contributed by atoms with van der Waals surface area (Å²) in [5, 5.41) is 2.71. The molecule has 3 atom stereocenters. The maximum Gasteiger partial charge on any atom is 0.354 e. The Morgan fingerprint density at radius 2 is 1.61 bits per heavy atom. The standard InChI is InChI=1S/C27H38N8O3/c1-3-27(29,4-2)24(36)33-11-13-34(14-12-33)25(37)30-22-9-10-35(26(38)31-22)19-7-5-18(6-8-19)15-32-16-20-21(17-32)23(20)28/h5-10,20-21,23H,3-4,11-17,28-29H2,1-2H3,(H,30,31,37,38)/t20-,21?,23?/m1/s1. The molecular weight excluding hydrogens is 484 g/mol. The molecule has 1 aliphatic carbocycles. The molecule has 1 saturated carbocycles. The molecule has 0 bridgehead atoms. The first-order valence-electron chi connectivity index (χ1n) is 13.5. The second-order valence-corrected chi connectivity index (χ2v) is 10.8. The lowest BCUT2D eigenvalue weighted by Gasteiger charge is -2.39. The third-order valence-corrected chi connectivity index (χ3v) is 8.54. The summed E-state index contributed by atoms with van der Waals surface area (Å²) in [7, 11) is 0. The lowest BCUT2D eigenvalue weighted by Crippen LogP contribution is -2.60. The first kappa shape index (κ1) is 26.3. The van der Waals surface area contributed by atoms with Crippen LogP contribution in [0.2, 0.25) is 0 Å². The summed E-state index contributed by atoms with van der Waals surface area (Å²) < 4.78 is 1.45. The number of urea groups is 1. The maximum atomic E-state index is 12.8. The van der Waals surface area contributed by atoms with E-state index in [9.17, 15) is 14.4 Å². The molecule has 3 fully saturated rings. The summed E-state index contributed by atoms with van der Waals surface area (Å²) in [4.78, 5) is 48.1. The minimum absolute atomic E-state index is 0.0712. The van der Waals surface area contributed by atoms with E-state index in [1.807, 2.05) is 38.1 Å². The molecule has 1 aromatic carbocycles. The molecule has 0 spiro atoms. The number of nitrogens with zero attached hydrogens (tertiary/aromatic N) is 5. The minimum atomic E-state index is -0.860. The normalized spacial score (nSPS) is 23.3. The zero-order chi connectivity index (χ0) is 27.0. The van der Waals surface area contributed by atoms with E-state index in [0.717, 1.165) is 19.6 Å². The third kappa shape index (κ3) is 5.18. The second-order valence-electron chi connectivity index (χ2n) is 10.8. The van der Waals surface area contributed by atoms with Gasteiger partial charge >= 0.3 is 11.7 Å². The van der Waals surface area contributed by atoms with E-state index < -0.39 is 11.2 Å². The summed E-state index contributed by atoms with van der Waals surface area (Å²) in [6.07, 6.45) is 2.75. The van der Waals surface area contributed by atoms with E-state index in [2.05, 4.69) is 15.2 Å². The van der Waals surface area contributed by atoms with Gasteiger partial charge in [-0.15, -0.1) is 0 Å². The van der Waals surface area contributed by atoms with Gasteiger partial charge in [-0.1, -0.05) is 26.0 Å². The number of amides is 3. The van der Waals surface area contributed by atoms with Gasteiger partial charge in [-0.25, -0.2) is 9.59 Å². The molecule has 5 N–H and O–H groups in total. The summed E-state index contributed by atoms with van der Waals surface area (Å²) in [5.41, 5.74) is 12.9. The number of nitrogens with two attached hydrogens (primary N) is 2. The van der Waals surface area contributed by atoms with Crippen LogP contribution in [0.15, 0.2) is 41.3 Å². The monoisotopic (exact) mass is 522 g/mol. The molecule has 11 nitrogen and oxygen atoms in total. The number of piperidine rings is 1. The molecule has 5 rings (SSSR count). The quantitative estimate of drug-likeness (QED) is 0.488. The number of piperazine rings is 1. The first-order valence-corrected chi connectivity index (χ1v) is 13.5. The average molecular weight is 523 g/mol. The number of likely N-dealkylation sites (tertiary alicyclic amines) is 1. The predicted molar refractivity (Wildman–Crippen MR) is 145 cm³/mol. The molecule has 0 radical (unpaired) electrons. The van der Waals surface area contributed by atoms with Gasteiger partial charge in [-0.3, -0.25) is 19.6 Å². The molecule has 11 heteroatoms. The van der Waals surface area contributed by atoms with Crippen LogP contribution in [0.3, 0.4) is 0 Å². The Morgan fingerprint density at radius 3 is 2.18 bits per heavy atom. The van der Waals surface area contributed by atoms with Gasteiger partial charge in [0.2, 0.25) is 5.91 Å². The maximum absolute atomic E-state index is 12.8. The van der Waals surface area contributed by atoms with Gasteiger partial charge in [0, 0.05) is 58.1 Å². The Balaban J connectivity index is 1.14. The van der Waals surface area contributed by atoms with E-state index in [1.165, 1.54) is 10.1 Å². The van der Waals surface area contributed by atoms with Crippen molar-refractivity contribution >= 4 is 17.8 Å². The van der Waals surface area contributed by atoms with Crippen molar-refractivity contribution in [1.82, 2.24) is 24.3 Å². The van der Waals surface area contributed by atoms with Gasteiger partial charge in [-0.2, -0.15) is 4.98 Å². The van der Waals surface area contributed by atoms with Crippen LogP contribution in [0.25, 0.3) is 5.69 Å². The van der Waals surface area contributed by atoms with Crippen molar-refractivity contribution in [3.8, 4) is 5.69 Å². The van der Waals surface area contributed by atoms with Crippen molar-refractivity contribution < 1.29 is 9.59 Å². The Hall–Kier alpha value is -3.28. The van der Waals surface area contributed by atoms with Crippen LogP contribution < -0.4 is 22.5 Å². The van der Waals surface area contributed by atoms with Crippen LogP contribution >= 0.6 is 0 Å². The smallest absolute Gasteiger partial charge is 0.338 e. The van der Waals surface area contributed by atoms with Crippen molar-refractivity contribution in [3.05, 3.63) is 52.6 Å². The number of aromatic nitrogens is 2. The third-order valence-electron chi connectivity index (χ3n) is 8.54. The average Bonchev–Trinajstić information content (AvgIpc) is 3.31. The highest BCUT2D eigenvalue weighted by atomic mass is 16.2. The summed E-state index contributed by atoms with van der Waals surface area (Å²) in [5.74, 6) is 1.43. The van der Waals surface area contributed by atoms with E-state index in [4.69, 9.17) is 11.5 Å². The van der Waals surface area contributed by atoms with Crippen molar-refractivity contribution in [2.45, 2.75) is 44.8 Å². The Morgan fingerprint density at radius 1 is 1.00 bits per heavy atom. The van der Waals surface area contributed by atoms with Crippen molar-refractivity contribution in [2.75, 3.05) is 44.6 Å². The number of carbonyl (C=O) groups excluding carboxylic acids is 2. The molecule has 1 aromatic heterocycles. The van der Waals surface area contributed by atoms with Gasteiger partial charge in [0.15, 0.2) is 0 Å². The first-order chi connectivity index (χ1) is 18.2. The summed E-state index contributed by atoms with van der Waals surface area (Å²) in [6, 6.07) is 9.53. The molecule has 204 valence electrons. The summed E-state index contributed by atoms with van der Waals surface area (Å²) in [6.45, 7) is 8.43. The van der Waals surface area contributed by atoms with E-state index in [-0.39, 0.29) is 17.8 Å². The predicted octanol–water partition coefficient (Wildman–Crippen LogP) is 0.815. The number of rotatable bonds is 7. The topological polar surface area (TPSA) is 143 Å². The second kappa shape index (κ2) is 10.5. The highest BCUT2D eigenvalue weighted by molar-refractivity contribution is 5.89. The van der Waals surface area contributed by atoms with Crippen LogP contribution in [-0.2, 0) is 11.3 Å². The van der Waals surface area contributed by atoms with Crippen molar-refractivity contribution in [3.63, 3.8) is 0 Å². The Bertz CT molecular complexity index is 1220. The Labute approximate surface area is 222 Å². The van der Waals surface area contributed by atoms with E-state index >= 15 is 0 Å². The van der Waals surface area contributed by atoms with Crippen LogP contribution in [0.5, 0.6) is 0 Å². The number of fused-ring (bicyclic) bond motifs is 1. The fraction of sp³-hybridized carbons (Fsp3) is 0.556. The molecule has 3 amide bonds. The van der Waals surface area contributed by atoms with Gasteiger partial charge in [0.1, 0.15) is 5.82 Å². The molecule has 2 aromatic rings. The molecule has 3 heterocycles. The molecule has 2 saturated heterocycles. The fourth-order valence-corrected chi connectivity index (χ4v) is 5.65. The van der Waals surface area contributed by atoms with Crippen LogP contribution in [0.4, 0.5) is 10.6 Å². The van der Waals surface area contributed by atoms with Gasteiger partial charge in [0.25, 0.3) is 0 Å². The number of hydrogen-bond donors (Lipinski definition) is 3. The molecular formula is C27H38N8O3. The molecule has 2 aliphatic heterocycles. The number of nitrogens with one attached hydrogen (secondary N) is 1. The highest BCUT2D eigenvalue weighted by Crippen LogP contribution is 2.44. The minimum Gasteiger partial charge on any atom is -0.338 e. The lowest BCUT2D eigenvalue weighted by molar-refractivity contribution is -0.138. The Kier molecular flexibility index (Phi) is 7.26. The highest BCUT2D eigenvalue weighted by Gasteiger charge is 2.53. The van der Waals surface area contributed by atoms with Crippen molar-refractivity contribution in [1.29, 1.82) is 0 Å². The lowest BCUT2D eigenvalue weighted by atomic mass is 9.92. The largest absolute Gasteiger partial charge is 0.354 e. The zero-order valence-corrected chi connectivity index (χ0v) is 22.2. The van der Waals surface area contributed by atoms with E-state index in [0.29, 0.717) is 62.6 Å². The van der Waals surface area contributed by atoms with Crippen LogP contribution in [0, 0.1) is 11.8 Å². The van der Waals surface area contributed by atoms with Crippen LogP contribution in [-0.4, -0.2) is 87.0 Å². The number of carbonyl (C=O) groups is 2. The molecule has 38 heavy (non-hydrogen) atoms. The van der Waals surface area contributed by atoms with Gasteiger partial charge in [0.05, 0.1) is 11.2 Å². The number of benzene rings is 1. The van der Waals surface area contributed by atoms with E-state index in [1.54, 1.807) is 22.1 Å². The van der Waals surface area contributed by atoms with Gasteiger partial charge < -0.3 is 21.3 Å². The SMILES string of the molecule is CCC(N)(CC)C(=O)N1CCN(C(=O)Nc2ccn(-c3ccc(CN4CC5C(N)[C@@H]5C4)cc3)c(=O)n2)CC1. The number of anilines is 1. The number of hydrogen-bond acceptors (Lipinski definition) is 7. The molecule has 2 unspecified atom stereocenters. The molecule has 3 aliphatic rings. The zero-order valence-electron chi connectivity index (χ0n) is 22.2. The fourth-order valence-electron chi connectivity index (χ4n) is 5.65. The van der Waals surface area contributed by atoms with Crippen LogP contribution in [0.1, 0.15) is 32.3 Å². The summed E-state index contributed by atoms with van der Waals surface area (Å²) >= 11 is 0.